The molecule has 7 heteroatoms. The molecule has 1 aliphatic rings. The van der Waals surface area contributed by atoms with Crippen molar-refractivity contribution in [3.8, 4) is 0 Å². The van der Waals surface area contributed by atoms with E-state index in [9.17, 15) is 14.4 Å². The van der Waals surface area contributed by atoms with Gasteiger partial charge in [0.1, 0.15) is 10.6 Å². The molecular formula is C25H20N2O4S. The molecule has 6 nitrogen and oxygen atoms in total. The summed E-state index contributed by atoms with van der Waals surface area (Å²) in [4.78, 5) is 40.7. The first-order chi connectivity index (χ1) is 15.5. The summed E-state index contributed by atoms with van der Waals surface area (Å²) in [5.74, 6) is -1.38. The zero-order valence-electron chi connectivity index (χ0n) is 17.5. The molecule has 4 rings (SSSR count). The third kappa shape index (κ3) is 4.29. The number of amides is 2. The van der Waals surface area contributed by atoms with Crippen molar-refractivity contribution >= 4 is 40.9 Å². The third-order valence-electron chi connectivity index (χ3n) is 4.87. The fourth-order valence-electron chi connectivity index (χ4n) is 3.20. The molecular weight excluding hydrogens is 424 g/mol. The number of ether oxygens (including phenoxy) is 1. The number of benzene rings is 3. The van der Waals surface area contributed by atoms with Crippen molar-refractivity contribution in [1.82, 2.24) is 0 Å². The van der Waals surface area contributed by atoms with Gasteiger partial charge in [0.15, 0.2) is 0 Å². The second-order valence-corrected chi connectivity index (χ2v) is 8.18. The van der Waals surface area contributed by atoms with Crippen LogP contribution in [-0.2, 0) is 14.3 Å². The number of aryl methyl sites for hydroxylation is 1. The van der Waals surface area contributed by atoms with Crippen molar-refractivity contribution in [3.05, 3.63) is 101 Å². The Balaban J connectivity index is 1.70. The van der Waals surface area contributed by atoms with Gasteiger partial charge in [-0.2, -0.15) is 0 Å². The maximum absolute atomic E-state index is 13.4. The molecule has 2 amide bonds. The number of carbonyl (C=O) groups is 3. The van der Waals surface area contributed by atoms with E-state index in [1.165, 1.54) is 31.0 Å². The van der Waals surface area contributed by atoms with Crippen LogP contribution >= 0.6 is 11.8 Å². The highest BCUT2D eigenvalue weighted by molar-refractivity contribution is 8.04. The quantitative estimate of drug-likeness (QED) is 0.436. The first-order valence-electron chi connectivity index (χ1n) is 9.86. The van der Waals surface area contributed by atoms with Gasteiger partial charge in [-0.3, -0.25) is 9.59 Å². The number of hydrogen-bond donors (Lipinski definition) is 1. The first kappa shape index (κ1) is 21.4. The van der Waals surface area contributed by atoms with Gasteiger partial charge >= 0.3 is 5.97 Å². The summed E-state index contributed by atoms with van der Waals surface area (Å²) < 4.78 is 4.71. The van der Waals surface area contributed by atoms with E-state index in [0.29, 0.717) is 21.8 Å². The molecule has 0 saturated heterocycles. The number of thioether (sulfide) groups is 1. The smallest absolute Gasteiger partial charge is 0.337 e. The molecule has 1 N–H and O–H groups in total. The van der Waals surface area contributed by atoms with Crippen LogP contribution in [0.4, 0.5) is 11.4 Å². The molecule has 0 fully saturated rings. The van der Waals surface area contributed by atoms with Crippen LogP contribution in [0.2, 0.25) is 0 Å². The average Bonchev–Trinajstić information content (AvgIpc) is 3.04. The minimum atomic E-state index is -0.490. The van der Waals surface area contributed by atoms with Crippen LogP contribution in [0.15, 0.2) is 94.4 Å². The number of rotatable bonds is 6. The van der Waals surface area contributed by atoms with Gasteiger partial charge in [-0.15, -0.1) is 0 Å². The van der Waals surface area contributed by atoms with E-state index in [1.54, 1.807) is 12.1 Å². The van der Waals surface area contributed by atoms with Gasteiger partial charge in [-0.05, 0) is 55.5 Å². The molecule has 0 bridgehead atoms. The lowest BCUT2D eigenvalue weighted by molar-refractivity contribution is -0.120. The molecule has 0 aliphatic carbocycles. The van der Waals surface area contributed by atoms with Gasteiger partial charge < -0.3 is 10.1 Å². The van der Waals surface area contributed by atoms with Gasteiger partial charge in [0.25, 0.3) is 11.8 Å². The molecule has 32 heavy (non-hydrogen) atoms. The van der Waals surface area contributed by atoms with Crippen molar-refractivity contribution in [2.75, 3.05) is 17.3 Å². The van der Waals surface area contributed by atoms with E-state index < -0.39 is 17.8 Å². The topological polar surface area (TPSA) is 75.7 Å². The number of nitrogens with one attached hydrogen (secondary N) is 1. The largest absolute Gasteiger partial charge is 0.465 e. The van der Waals surface area contributed by atoms with E-state index in [1.807, 2.05) is 61.5 Å². The molecule has 160 valence electrons. The summed E-state index contributed by atoms with van der Waals surface area (Å²) in [7, 11) is 1.30. The van der Waals surface area contributed by atoms with E-state index in [2.05, 4.69) is 5.32 Å². The van der Waals surface area contributed by atoms with Gasteiger partial charge in [0, 0.05) is 10.6 Å². The second-order valence-electron chi connectivity index (χ2n) is 7.09. The summed E-state index contributed by atoms with van der Waals surface area (Å²) in [5, 5.41) is 3.11. The molecule has 0 radical (unpaired) electrons. The van der Waals surface area contributed by atoms with Crippen LogP contribution in [0.1, 0.15) is 15.9 Å². The maximum Gasteiger partial charge on any atom is 0.337 e. The minimum Gasteiger partial charge on any atom is -0.465 e. The normalized spacial score (nSPS) is 13.5. The molecule has 3 aromatic rings. The summed E-state index contributed by atoms with van der Waals surface area (Å²) in [6.45, 7) is 1.99. The maximum atomic E-state index is 13.4. The Morgan fingerprint density at radius 1 is 0.875 bits per heavy atom. The van der Waals surface area contributed by atoms with Gasteiger partial charge in [-0.25, -0.2) is 9.69 Å². The minimum absolute atomic E-state index is 0.212. The number of methoxy groups -OCH3 is 1. The number of hydrogen-bond acceptors (Lipinski definition) is 6. The molecule has 0 atom stereocenters. The molecule has 0 spiro atoms. The standard InChI is InChI=1S/C25H20N2O4S/c1-16-8-14-20(15-9-16)32-22-21(26-18-6-4-3-5-7-18)23(28)27(24(22)29)19-12-10-17(11-13-19)25(30)31-2/h3-15,26H,1-2H3. The van der Waals surface area contributed by atoms with E-state index in [-0.39, 0.29) is 5.70 Å². The monoisotopic (exact) mass is 444 g/mol. The Bertz CT molecular complexity index is 1200. The zero-order valence-corrected chi connectivity index (χ0v) is 18.3. The Labute approximate surface area is 189 Å². The van der Waals surface area contributed by atoms with Crippen molar-refractivity contribution in [2.24, 2.45) is 0 Å². The lowest BCUT2D eigenvalue weighted by Gasteiger charge is -2.15. The highest BCUT2D eigenvalue weighted by Gasteiger charge is 2.40. The summed E-state index contributed by atoms with van der Waals surface area (Å²) in [6.07, 6.45) is 0. The Hall–Kier alpha value is -3.84. The molecule has 1 heterocycles. The van der Waals surface area contributed by atoms with Crippen LogP contribution in [0.5, 0.6) is 0 Å². The van der Waals surface area contributed by atoms with Crippen molar-refractivity contribution in [3.63, 3.8) is 0 Å². The fourth-order valence-corrected chi connectivity index (χ4v) is 4.13. The average molecular weight is 445 g/mol. The third-order valence-corrected chi connectivity index (χ3v) is 5.96. The SMILES string of the molecule is COC(=O)c1ccc(N2C(=O)C(Nc3ccccc3)=C(Sc3ccc(C)cc3)C2=O)cc1. The molecule has 0 unspecified atom stereocenters. The van der Waals surface area contributed by atoms with Crippen LogP contribution < -0.4 is 10.2 Å². The molecule has 0 aromatic heterocycles. The highest BCUT2D eigenvalue weighted by Crippen LogP contribution is 2.38. The van der Waals surface area contributed by atoms with Crippen LogP contribution in [0.25, 0.3) is 0 Å². The van der Waals surface area contributed by atoms with E-state index in [0.717, 1.165) is 15.4 Å². The molecule has 1 aliphatic heterocycles. The van der Waals surface area contributed by atoms with E-state index in [4.69, 9.17) is 4.74 Å². The van der Waals surface area contributed by atoms with Crippen molar-refractivity contribution in [2.45, 2.75) is 11.8 Å². The Kier molecular flexibility index (Phi) is 6.09. The first-order valence-corrected chi connectivity index (χ1v) is 10.7. The summed E-state index contributed by atoms with van der Waals surface area (Å²) in [6, 6.07) is 23.1. The van der Waals surface area contributed by atoms with Gasteiger partial charge in [0.05, 0.1) is 18.4 Å². The van der Waals surface area contributed by atoms with Gasteiger partial charge in [0.2, 0.25) is 0 Å². The lowest BCUT2D eigenvalue weighted by atomic mass is 10.2. The lowest BCUT2D eigenvalue weighted by Crippen LogP contribution is -2.32. The number of carbonyl (C=O) groups excluding carboxylic acids is 3. The van der Waals surface area contributed by atoms with E-state index >= 15 is 0 Å². The number of para-hydroxylation sites is 1. The zero-order chi connectivity index (χ0) is 22.7. The number of nitrogens with zero attached hydrogens (tertiary/aromatic N) is 1. The molecule has 3 aromatic carbocycles. The molecule has 0 saturated carbocycles. The van der Waals surface area contributed by atoms with Crippen LogP contribution in [0, 0.1) is 6.92 Å². The highest BCUT2D eigenvalue weighted by atomic mass is 32.2. The number of esters is 1. The predicted molar refractivity (Wildman–Crippen MR) is 124 cm³/mol. The fraction of sp³-hybridized carbons (Fsp3) is 0.0800. The summed E-state index contributed by atoms with van der Waals surface area (Å²) >= 11 is 1.24. The second kappa shape index (κ2) is 9.11. The van der Waals surface area contributed by atoms with Crippen molar-refractivity contribution in [1.29, 1.82) is 0 Å². The summed E-state index contributed by atoms with van der Waals surface area (Å²) in [5.41, 5.74) is 2.73. The van der Waals surface area contributed by atoms with Crippen LogP contribution in [-0.4, -0.2) is 24.9 Å². The van der Waals surface area contributed by atoms with Crippen LogP contribution in [0.3, 0.4) is 0 Å². The predicted octanol–water partition coefficient (Wildman–Crippen LogP) is 4.77. The van der Waals surface area contributed by atoms with Gasteiger partial charge in [-0.1, -0.05) is 47.7 Å². The Morgan fingerprint density at radius 3 is 2.16 bits per heavy atom. The van der Waals surface area contributed by atoms with Crippen molar-refractivity contribution < 1.29 is 19.1 Å². The Morgan fingerprint density at radius 2 is 1.53 bits per heavy atom. The number of imide groups is 1. The number of anilines is 2.